The monoisotopic (exact) mass is 422 g/mol. The Balaban J connectivity index is 2.03. The summed E-state index contributed by atoms with van der Waals surface area (Å²) in [6.45, 7) is 0. The normalized spacial score (nSPS) is 11.3. The van der Waals surface area contributed by atoms with Crippen molar-refractivity contribution in [2.45, 2.75) is 9.79 Å². The van der Waals surface area contributed by atoms with Crippen LogP contribution in [0.1, 0.15) is 5.56 Å². The molecule has 0 fully saturated rings. The third-order valence-electron chi connectivity index (χ3n) is 4.43. The minimum absolute atomic E-state index is 0.0185. The summed E-state index contributed by atoms with van der Waals surface area (Å²) in [5.41, 5.74) is 1.27. The number of aromatic nitrogens is 1. The number of nitriles is 1. The maximum Gasteiger partial charge on any atom is 0.208 e. The topological polar surface area (TPSA) is 70.8 Å². The number of halogens is 2. The fourth-order valence-corrected chi connectivity index (χ4v) is 4.62. The molecule has 0 aliphatic carbocycles. The van der Waals surface area contributed by atoms with Gasteiger partial charge in [-0.1, -0.05) is 29.8 Å². The second kappa shape index (κ2) is 7.28. The van der Waals surface area contributed by atoms with Crippen LogP contribution in [-0.2, 0) is 9.84 Å². The minimum Gasteiger partial charge on any atom is -0.246 e. The van der Waals surface area contributed by atoms with Crippen LogP contribution in [0, 0.1) is 17.1 Å². The second-order valence-corrected chi connectivity index (χ2v) is 8.68. The van der Waals surface area contributed by atoms with E-state index in [9.17, 15) is 12.8 Å². The number of fused-ring (bicyclic) bond motifs is 1. The van der Waals surface area contributed by atoms with Crippen molar-refractivity contribution in [2.75, 3.05) is 0 Å². The van der Waals surface area contributed by atoms with Gasteiger partial charge in [-0.05, 0) is 48.5 Å². The Morgan fingerprint density at radius 3 is 2.45 bits per heavy atom. The highest BCUT2D eigenvalue weighted by atomic mass is 35.5. The first kappa shape index (κ1) is 19.1. The van der Waals surface area contributed by atoms with Gasteiger partial charge in [0.25, 0.3) is 0 Å². The highest BCUT2D eigenvalue weighted by Crippen LogP contribution is 2.33. The Morgan fingerprint density at radius 1 is 0.966 bits per heavy atom. The lowest BCUT2D eigenvalue weighted by Gasteiger charge is -2.12. The van der Waals surface area contributed by atoms with Crippen molar-refractivity contribution < 1.29 is 12.8 Å². The highest BCUT2D eigenvalue weighted by Gasteiger charge is 2.24. The maximum absolute atomic E-state index is 13.7. The highest BCUT2D eigenvalue weighted by molar-refractivity contribution is 7.91. The zero-order chi connectivity index (χ0) is 20.6. The number of sulfone groups is 1. The molecule has 0 radical (unpaired) electrons. The van der Waals surface area contributed by atoms with Crippen molar-refractivity contribution in [2.24, 2.45) is 0 Å². The SMILES string of the molecule is N#Cc1cccc(S(=O)(=O)c2cc3ccc(F)cc3nc2-c2ccc(Cl)cc2)c1. The molecule has 0 atom stereocenters. The van der Waals surface area contributed by atoms with E-state index in [1.54, 1.807) is 24.3 Å². The largest absolute Gasteiger partial charge is 0.246 e. The Hall–Kier alpha value is -3.27. The van der Waals surface area contributed by atoms with Gasteiger partial charge < -0.3 is 0 Å². The molecule has 142 valence electrons. The van der Waals surface area contributed by atoms with E-state index in [0.29, 0.717) is 21.5 Å². The van der Waals surface area contributed by atoms with Gasteiger partial charge in [-0.15, -0.1) is 0 Å². The molecule has 0 spiro atoms. The van der Waals surface area contributed by atoms with Crippen LogP contribution >= 0.6 is 11.6 Å². The molecule has 0 saturated carbocycles. The Labute approximate surface area is 171 Å². The molecule has 1 heterocycles. The number of hydrogen-bond acceptors (Lipinski definition) is 4. The van der Waals surface area contributed by atoms with Crippen molar-refractivity contribution in [1.82, 2.24) is 4.98 Å². The third-order valence-corrected chi connectivity index (χ3v) is 6.44. The average molecular weight is 423 g/mol. The second-order valence-electron chi connectivity index (χ2n) is 6.32. The van der Waals surface area contributed by atoms with Gasteiger partial charge >= 0.3 is 0 Å². The molecule has 4 rings (SSSR count). The lowest BCUT2D eigenvalue weighted by Crippen LogP contribution is -2.06. The Bertz CT molecular complexity index is 1400. The zero-order valence-electron chi connectivity index (χ0n) is 14.8. The van der Waals surface area contributed by atoms with Crippen LogP contribution in [0.2, 0.25) is 5.02 Å². The van der Waals surface area contributed by atoms with Crippen LogP contribution in [0.4, 0.5) is 4.39 Å². The van der Waals surface area contributed by atoms with Crippen molar-refractivity contribution in [1.29, 1.82) is 5.26 Å². The molecule has 3 aromatic carbocycles. The van der Waals surface area contributed by atoms with E-state index in [0.717, 1.165) is 0 Å². The molecule has 1 aromatic heterocycles. The Morgan fingerprint density at radius 2 is 1.72 bits per heavy atom. The van der Waals surface area contributed by atoms with Crippen molar-refractivity contribution in [3.05, 3.63) is 89.2 Å². The van der Waals surface area contributed by atoms with Gasteiger partial charge in [0, 0.05) is 22.0 Å². The van der Waals surface area contributed by atoms with Gasteiger partial charge in [-0.3, -0.25) is 0 Å². The quantitative estimate of drug-likeness (QED) is 0.443. The summed E-state index contributed by atoms with van der Waals surface area (Å²) in [5, 5.41) is 10.1. The van der Waals surface area contributed by atoms with Gasteiger partial charge in [-0.2, -0.15) is 5.26 Å². The fourth-order valence-electron chi connectivity index (χ4n) is 3.00. The van der Waals surface area contributed by atoms with E-state index in [1.165, 1.54) is 48.5 Å². The van der Waals surface area contributed by atoms with Crippen LogP contribution in [0.3, 0.4) is 0 Å². The molecule has 0 bridgehead atoms. The lowest BCUT2D eigenvalue weighted by atomic mass is 10.1. The summed E-state index contributed by atoms with van der Waals surface area (Å²) in [6.07, 6.45) is 0. The minimum atomic E-state index is -4.00. The molecule has 4 nitrogen and oxygen atoms in total. The van der Waals surface area contributed by atoms with E-state index >= 15 is 0 Å². The summed E-state index contributed by atoms with van der Waals surface area (Å²) in [7, 11) is -4.00. The first-order chi connectivity index (χ1) is 13.9. The van der Waals surface area contributed by atoms with Crippen LogP contribution in [-0.4, -0.2) is 13.4 Å². The van der Waals surface area contributed by atoms with Crippen LogP contribution < -0.4 is 0 Å². The predicted molar refractivity (Wildman–Crippen MR) is 109 cm³/mol. The molecule has 0 amide bonds. The van der Waals surface area contributed by atoms with E-state index in [4.69, 9.17) is 16.9 Å². The van der Waals surface area contributed by atoms with Crippen LogP contribution in [0.15, 0.2) is 82.6 Å². The van der Waals surface area contributed by atoms with E-state index in [1.807, 2.05) is 6.07 Å². The maximum atomic E-state index is 13.7. The smallest absolute Gasteiger partial charge is 0.208 e. The zero-order valence-corrected chi connectivity index (χ0v) is 16.4. The number of nitrogens with zero attached hydrogens (tertiary/aromatic N) is 2. The van der Waals surface area contributed by atoms with Crippen molar-refractivity contribution >= 4 is 32.3 Å². The lowest BCUT2D eigenvalue weighted by molar-refractivity contribution is 0.596. The fraction of sp³-hybridized carbons (Fsp3) is 0. The van der Waals surface area contributed by atoms with Gasteiger partial charge in [0.05, 0.1) is 32.6 Å². The molecule has 7 heteroatoms. The summed E-state index contributed by atoms with van der Waals surface area (Å²) in [4.78, 5) is 4.39. The predicted octanol–water partition coefficient (Wildman–Crippen LogP) is 5.40. The number of benzene rings is 3. The molecular formula is C22H12ClFN2O2S. The van der Waals surface area contributed by atoms with E-state index in [-0.39, 0.29) is 21.0 Å². The summed E-state index contributed by atoms with van der Waals surface area (Å²) in [5.74, 6) is -0.468. The van der Waals surface area contributed by atoms with Gasteiger partial charge in [0.1, 0.15) is 5.82 Å². The molecule has 0 unspecified atom stereocenters. The number of rotatable bonds is 3. The molecule has 0 aliphatic heterocycles. The standard InChI is InChI=1S/C22H12ClFN2O2S/c23-17-7-4-15(5-8-17)22-21(11-16-6-9-18(24)12-20(16)26-22)29(27,28)19-3-1-2-14(10-19)13-25/h1-12H. The van der Waals surface area contributed by atoms with E-state index in [2.05, 4.69) is 4.98 Å². The molecule has 0 N–H and O–H groups in total. The first-order valence-corrected chi connectivity index (χ1v) is 10.4. The van der Waals surface area contributed by atoms with Gasteiger partial charge in [0.15, 0.2) is 0 Å². The van der Waals surface area contributed by atoms with Crippen molar-refractivity contribution in [3.8, 4) is 17.3 Å². The average Bonchev–Trinajstić information content (AvgIpc) is 2.73. The summed E-state index contributed by atoms with van der Waals surface area (Å²) >= 11 is 5.96. The molecular weight excluding hydrogens is 411 g/mol. The molecule has 0 aliphatic rings. The van der Waals surface area contributed by atoms with Crippen LogP contribution in [0.5, 0.6) is 0 Å². The first-order valence-electron chi connectivity index (χ1n) is 8.50. The Kier molecular flexibility index (Phi) is 4.79. The molecule has 29 heavy (non-hydrogen) atoms. The third kappa shape index (κ3) is 3.58. The number of hydrogen-bond donors (Lipinski definition) is 0. The van der Waals surface area contributed by atoms with Gasteiger partial charge in [0.2, 0.25) is 9.84 Å². The molecule has 0 saturated heterocycles. The van der Waals surface area contributed by atoms with Crippen molar-refractivity contribution in [3.63, 3.8) is 0 Å². The number of pyridine rings is 1. The van der Waals surface area contributed by atoms with E-state index < -0.39 is 15.7 Å². The van der Waals surface area contributed by atoms with Gasteiger partial charge in [-0.25, -0.2) is 17.8 Å². The summed E-state index contributed by atoms with van der Waals surface area (Å²) < 4.78 is 40.5. The summed E-state index contributed by atoms with van der Waals surface area (Å²) in [6, 6.07) is 19.7. The molecule has 4 aromatic rings. The van der Waals surface area contributed by atoms with Crippen LogP contribution in [0.25, 0.3) is 22.2 Å².